The Morgan fingerprint density at radius 3 is 2.60 bits per heavy atom. The average molecular weight is 487 g/mol. The maximum absolute atomic E-state index is 11.7. The molecule has 0 saturated heterocycles. The van der Waals surface area contributed by atoms with Gasteiger partial charge in [0.1, 0.15) is 16.9 Å². The van der Waals surface area contributed by atoms with Crippen molar-refractivity contribution in [2.45, 2.75) is 39.8 Å². The molecule has 0 spiro atoms. The Bertz CT molecular complexity index is 1420. The van der Waals surface area contributed by atoms with Gasteiger partial charge < -0.3 is 10.0 Å². The van der Waals surface area contributed by atoms with Crippen LogP contribution in [0.2, 0.25) is 0 Å². The minimum atomic E-state index is -0.921. The van der Waals surface area contributed by atoms with Crippen molar-refractivity contribution in [2.24, 2.45) is 4.99 Å². The van der Waals surface area contributed by atoms with Crippen LogP contribution < -0.4 is 4.90 Å². The number of fused-ring (bicyclic) bond motifs is 3. The maximum Gasteiger partial charge on any atom is 0.306 e. The van der Waals surface area contributed by atoms with E-state index >= 15 is 0 Å². The number of aliphatic carboxylic acids is 1. The van der Waals surface area contributed by atoms with E-state index in [-0.39, 0.29) is 6.42 Å². The number of aryl methyl sites for hydroxylation is 2. The van der Waals surface area contributed by atoms with Gasteiger partial charge in [-0.3, -0.25) is 19.3 Å². The summed E-state index contributed by atoms with van der Waals surface area (Å²) >= 11 is 1.66. The number of hydrogen-bond acceptors (Lipinski definition) is 7. The van der Waals surface area contributed by atoms with Crippen LogP contribution in [0.25, 0.3) is 5.00 Å². The van der Waals surface area contributed by atoms with E-state index in [4.69, 9.17) is 4.99 Å². The number of rotatable bonds is 6. The quantitative estimate of drug-likeness (QED) is 0.426. The zero-order chi connectivity index (χ0) is 24.7. The lowest BCUT2D eigenvalue weighted by molar-refractivity contribution is -0.137. The third-order valence-corrected chi connectivity index (χ3v) is 7.52. The summed E-state index contributed by atoms with van der Waals surface area (Å²) in [6.45, 7) is 6.82. The highest BCUT2D eigenvalue weighted by Gasteiger charge is 2.32. The summed E-state index contributed by atoms with van der Waals surface area (Å²) in [5.74, 6) is 0.368. The van der Waals surface area contributed by atoms with E-state index in [0.29, 0.717) is 5.82 Å². The van der Waals surface area contributed by atoms with Crippen LogP contribution in [-0.4, -0.2) is 43.6 Å². The number of pyridine rings is 1. The summed E-state index contributed by atoms with van der Waals surface area (Å²) in [6.07, 6.45) is 3.49. The molecule has 0 amide bonds. The fourth-order valence-corrected chi connectivity index (χ4v) is 5.63. The molecule has 1 aliphatic rings. The number of nitrogens with zero attached hydrogens (tertiary/aromatic N) is 6. The van der Waals surface area contributed by atoms with Crippen molar-refractivity contribution in [3.63, 3.8) is 0 Å². The van der Waals surface area contributed by atoms with Crippen molar-refractivity contribution in [1.29, 1.82) is 0 Å². The molecule has 0 aliphatic carbocycles. The Labute approximate surface area is 207 Å². The zero-order valence-corrected chi connectivity index (χ0v) is 20.9. The van der Waals surface area contributed by atoms with Crippen LogP contribution in [0.5, 0.6) is 0 Å². The van der Waals surface area contributed by atoms with Gasteiger partial charge in [0.25, 0.3) is 0 Å². The van der Waals surface area contributed by atoms with Gasteiger partial charge in [-0.2, -0.15) is 0 Å². The summed E-state index contributed by atoms with van der Waals surface area (Å²) in [5.41, 5.74) is 6.09. The van der Waals surface area contributed by atoms with Crippen molar-refractivity contribution < 1.29 is 9.90 Å². The standard InChI is InChI=1S/C26H26N6O2S/c1-15-16(2)35-26-23(15)24(28-21(12-22(33)34)25-30-29-17(3)32(25)26)19-7-9-20(10-8-19)31(4)14-18-6-5-11-27-13-18/h5-11,13,21H,12,14H2,1-4H3,(H,33,34)/t21-/m0/s1. The normalized spacial score (nSPS) is 14.6. The Hall–Kier alpha value is -3.85. The molecule has 8 nitrogen and oxygen atoms in total. The van der Waals surface area contributed by atoms with Gasteiger partial charge in [0.15, 0.2) is 5.82 Å². The molecule has 0 saturated carbocycles. The highest BCUT2D eigenvalue weighted by atomic mass is 32.1. The van der Waals surface area contributed by atoms with Crippen LogP contribution in [0.3, 0.4) is 0 Å². The molecule has 4 heterocycles. The van der Waals surface area contributed by atoms with E-state index < -0.39 is 12.0 Å². The number of carboxylic acid groups (broad SMARTS) is 1. The molecule has 1 atom stereocenters. The van der Waals surface area contributed by atoms with E-state index in [2.05, 4.69) is 64.3 Å². The molecule has 0 radical (unpaired) electrons. The van der Waals surface area contributed by atoms with Gasteiger partial charge in [0.05, 0.1) is 12.1 Å². The molecule has 3 aromatic heterocycles. The fraction of sp³-hybridized carbons (Fsp3) is 0.269. The van der Waals surface area contributed by atoms with Crippen LogP contribution in [0, 0.1) is 20.8 Å². The first kappa shape index (κ1) is 22.9. The summed E-state index contributed by atoms with van der Waals surface area (Å²) in [5, 5.41) is 19.2. The first-order valence-electron chi connectivity index (χ1n) is 11.4. The van der Waals surface area contributed by atoms with Crippen LogP contribution in [-0.2, 0) is 11.3 Å². The molecule has 9 heteroatoms. The lowest BCUT2D eigenvalue weighted by atomic mass is 9.99. The van der Waals surface area contributed by atoms with Crippen molar-refractivity contribution in [3.05, 3.63) is 87.6 Å². The molecular weight excluding hydrogens is 460 g/mol. The third kappa shape index (κ3) is 4.23. The van der Waals surface area contributed by atoms with Crippen LogP contribution in [0.1, 0.15) is 51.2 Å². The van der Waals surface area contributed by atoms with Gasteiger partial charge in [0.2, 0.25) is 0 Å². The predicted molar refractivity (Wildman–Crippen MR) is 137 cm³/mol. The van der Waals surface area contributed by atoms with Crippen LogP contribution in [0.15, 0.2) is 53.8 Å². The largest absolute Gasteiger partial charge is 0.481 e. The number of hydrogen-bond donors (Lipinski definition) is 1. The Balaban J connectivity index is 1.57. The van der Waals surface area contributed by atoms with Gasteiger partial charge in [-0.15, -0.1) is 21.5 Å². The van der Waals surface area contributed by atoms with E-state index in [1.165, 1.54) is 4.88 Å². The second-order valence-corrected chi connectivity index (χ2v) is 9.96. The third-order valence-electron chi connectivity index (χ3n) is 6.33. The number of anilines is 1. The van der Waals surface area contributed by atoms with E-state index in [0.717, 1.165) is 51.0 Å². The highest BCUT2D eigenvalue weighted by Crippen LogP contribution is 2.39. The van der Waals surface area contributed by atoms with Gasteiger partial charge in [-0.1, -0.05) is 18.2 Å². The number of aromatic nitrogens is 4. The van der Waals surface area contributed by atoms with Crippen molar-refractivity contribution >= 4 is 28.7 Å². The molecule has 178 valence electrons. The summed E-state index contributed by atoms with van der Waals surface area (Å²) in [4.78, 5) is 24.3. The second-order valence-electron chi connectivity index (χ2n) is 8.76. The number of thiophene rings is 1. The molecule has 0 unspecified atom stereocenters. The molecule has 35 heavy (non-hydrogen) atoms. The first-order valence-corrected chi connectivity index (χ1v) is 12.2. The number of carboxylic acids is 1. The summed E-state index contributed by atoms with van der Waals surface area (Å²) < 4.78 is 1.97. The average Bonchev–Trinajstić information content (AvgIpc) is 3.32. The number of carbonyl (C=O) groups is 1. The Kier molecular flexibility index (Phi) is 5.94. The van der Waals surface area contributed by atoms with Gasteiger partial charge >= 0.3 is 5.97 Å². The maximum atomic E-state index is 11.7. The summed E-state index contributed by atoms with van der Waals surface area (Å²) in [7, 11) is 2.05. The molecule has 4 aromatic rings. The first-order chi connectivity index (χ1) is 16.8. The molecule has 0 fully saturated rings. The Morgan fingerprint density at radius 2 is 1.91 bits per heavy atom. The van der Waals surface area contributed by atoms with Crippen molar-refractivity contribution in [3.8, 4) is 5.00 Å². The van der Waals surface area contributed by atoms with E-state index in [9.17, 15) is 9.90 Å². The van der Waals surface area contributed by atoms with E-state index in [1.807, 2.05) is 30.8 Å². The van der Waals surface area contributed by atoms with E-state index in [1.54, 1.807) is 17.5 Å². The molecule has 1 aliphatic heterocycles. The second kappa shape index (κ2) is 9.07. The SMILES string of the molecule is Cc1sc2c(c1C)C(c1ccc(N(C)Cc3cccnc3)cc1)=N[C@@H](CC(=O)O)c1nnc(C)n1-2. The predicted octanol–water partition coefficient (Wildman–Crippen LogP) is 4.65. The molecule has 0 bridgehead atoms. The lowest BCUT2D eigenvalue weighted by Gasteiger charge is -2.20. The summed E-state index contributed by atoms with van der Waals surface area (Å²) in [6, 6.07) is 11.6. The number of aliphatic imine (C=N–C) groups is 1. The monoisotopic (exact) mass is 486 g/mol. The molecule has 1 N–H and O–H groups in total. The fourth-order valence-electron chi connectivity index (χ4n) is 4.42. The minimum Gasteiger partial charge on any atom is -0.481 e. The van der Waals surface area contributed by atoms with Gasteiger partial charge in [0, 0.05) is 47.7 Å². The van der Waals surface area contributed by atoms with Crippen LogP contribution >= 0.6 is 11.3 Å². The minimum absolute atomic E-state index is 0.152. The Morgan fingerprint density at radius 1 is 1.14 bits per heavy atom. The highest BCUT2D eigenvalue weighted by molar-refractivity contribution is 7.15. The lowest BCUT2D eigenvalue weighted by Crippen LogP contribution is -2.16. The zero-order valence-electron chi connectivity index (χ0n) is 20.1. The van der Waals surface area contributed by atoms with Gasteiger partial charge in [-0.05, 0) is 50.1 Å². The smallest absolute Gasteiger partial charge is 0.306 e. The topological polar surface area (TPSA) is 96.5 Å². The van der Waals surface area contributed by atoms with Crippen LogP contribution in [0.4, 0.5) is 5.69 Å². The molecule has 1 aromatic carbocycles. The molecular formula is C26H26N6O2S. The number of benzene rings is 1. The van der Waals surface area contributed by atoms with Crippen molar-refractivity contribution in [1.82, 2.24) is 19.7 Å². The van der Waals surface area contributed by atoms with Crippen molar-refractivity contribution in [2.75, 3.05) is 11.9 Å². The molecule has 5 rings (SSSR count). The van der Waals surface area contributed by atoms with Gasteiger partial charge in [-0.25, -0.2) is 0 Å².